The number of methoxy groups -OCH3 is 4. The van der Waals surface area contributed by atoms with Crippen LogP contribution in [0, 0.1) is 0 Å². The van der Waals surface area contributed by atoms with Crippen molar-refractivity contribution in [1.82, 2.24) is 40.4 Å². The summed E-state index contributed by atoms with van der Waals surface area (Å²) in [6, 6.07) is 5.80. The highest BCUT2D eigenvalue weighted by Crippen LogP contribution is 2.37. The minimum atomic E-state index is -0.971. The minimum Gasteiger partial charge on any atom is -0.456 e. The lowest BCUT2D eigenvalue weighted by Crippen LogP contribution is -2.54. The molecule has 0 bridgehead atoms. The number of hydrogen-bond donors (Lipinski definition) is 4. The van der Waals surface area contributed by atoms with Gasteiger partial charge in [-0.15, -0.1) is 0 Å². The highest BCUT2D eigenvalue weighted by molar-refractivity contribution is 6.34. The molecule has 4 amide bonds. The molecule has 3 aromatic heterocycles. The van der Waals surface area contributed by atoms with E-state index in [1.165, 1.54) is 28.4 Å². The summed E-state index contributed by atoms with van der Waals surface area (Å²) in [6.45, 7) is 4.32. The van der Waals surface area contributed by atoms with Crippen LogP contribution in [0.1, 0.15) is 63.3 Å². The van der Waals surface area contributed by atoms with Crippen LogP contribution in [0.15, 0.2) is 51.9 Å². The highest BCUT2D eigenvalue weighted by Gasteiger charge is 2.40. The van der Waals surface area contributed by atoms with Crippen molar-refractivity contribution in [2.75, 3.05) is 41.5 Å². The summed E-state index contributed by atoms with van der Waals surface area (Å²) in [5.41, 5.74) is 2.81. The number of amides is 4. The van der Waals surface area contributed by atoms with Crippen LogP contribution in [-0.2, 0) is 28.5 Å². The maximum Gasteiger partial charge on any atom is 0.407 e. The molecule has 0 unspecified atom stereocenters. The lowest BCUT2D eigenvalue weighted by atomic mass is 10.1. The number of H-pyrrole nitrogens is 2. The minimum absolute atomic E-state index is 0.280. The number of aromatic nitrogens is 4. The Kier molecular flexibility index (Phi) is 12.4. The molecule has 2 fully saturated rings. The van der Waals surface area contributed by atoms with Gasteiger partial charge < -0.3 is 53.8 Å². The molecule has 60 heavy (non-hydrogen) atoms. The number of likely N-dealkylation sites (tertiary alicyclic amines) is 2. The monoisotopic (exact) mass is 846 g/mol. The molecule has 18 nitrogen and oxygen atoms in total. The number of carbonyl (C=O) groups is 4. The molecule has 0 spiro atoms. The van der Waals surface area contributed by atoms with Crippen LogP contribution >= 0.6 is 11.6 Å². The quantitative estimate of drug-likeness (QED) is 0.119. The summed E-state index contributed by atoms with van der Waals surface area (Å²) in [5, 5.41) is 6.08. The van der Waals surface area contributed by atoms with Gasteiger partial charge in [-0.2, -0.15) is 0 Å². The molecule has 2 saturated heterocycles. The first-order valence-corrected chi connectivity index (χ1v) is 19.9. The van der Waals surface area contributed by atoms with Gasteiger partial charge in [-0.3, -0.25) is 14.4 Å². The number of halogens is 1. The third-order valence-electron chi connectivity index (χ3n) is 11.4. The van der Waals surface area contributed by atoms with E-state index in [-0.39, 0.29) is 33.7 Å². The second-order valence-electron chi connectivity index (χ2n) is 14.8. The van der Waals surface area contributed by atoms with Gasteiger partial charge >= 0.3 is 12.2 Å². The van der Waals surface area contributed by atoms with E-state index in [1.54, 1.807) is 60.3 Å². The molecule has 2 aromatic carbocycles. The topological polar surface area (TPSA) is 223 Å². The van der Waals surface area contributed by atoms with E-state index in [1.807, 2.05) is 6.07 Å². The Morgan fingerprint density at radius 1 is 0.767 bits per heavy atom. The number of benzene rings is 2. The number of aromatic amines is 2. The average molecular weight is 847 g/mol. The van der Waals surface area contributed by atoms with Crippen molar-refractivity contribution in [3.63, 3.8) is 0 Å². The summed E-state index contributed by atoms with van der Waals surface area (Å²) >= 11 is 6.83. The zero-order valence-corrected chi connectivity index (χ0v) is 34.8. The fourth-order valence-corrected chi connectivity index (χ4v) is 8.20. The van der Waals surface area contributed by atoms with Crippen molar-refractivity contribution >= 4 is 57.5 Å². The molecule has 2 aliphatic rings. The molecule has 318 valence electrons. The van der Waals surface area contributed by atoms with Gasteiger partial charge in [0.2, 0.25) is 17.2 Å². The van der Waals surface area contributed by atoms with Gasteiger partial charge in [0.1, 0.15) is 34.9 Å². The van der Waals surface area contributed by atoms with Gasteiger partial charge in [0.15, 0.2) is 0 Å². The average Bonchev–Trinajstić information content (AvgIpc) is 4.11. The smallest absolute Gasteiger partial charge is 0.407 e. The van der Waals surface area contributed by atoms with E-state index < -0.39 is 42.5 Å². The number of fused-ring (bicyclic) bond motifs is 2. The first-order valence-electron chi connectivity index (χ1n) is 19.5. The molecular formula is C41H47ClN8O10. The Labute approximate surface area is 349 Å². The van der Waals surface area contributed by atoms with E-state index in [4.69, 9.17) is 35.0 Å². The second-order valence-corrected chi connectivity index (χ2v) is 15.2. The fourth-order valence-electron chi connectivity index (χ4n) is 7.94. The molecule has 5 heterocycles. The third kappa shape index (κ3) is 8.13. The molecule has 19 heteroatoms. The van der Waals surface area contributed by atoms with Gasteiger partial charge in [-0.25, -0.2) is 19.6 Å². The summed E-state index contributed by atoms with van der Waals surface area (Å²) < 4.78 is 26.5. The van der Waals surface area contributed by atoms with E-state index in [0.717, 1.165) is 12.8 Å². The van der Waals surface area contributed by atoms with Crippen LogP contribution in [0.3, 0.4) is 0 Å². The van der Waals surface area contributed by atoms with Gasteiger partial charge in [0.05, 0.1) is 78.1 Å². The van der Waals surface area contributed by atoms with E-state index in [0.29, 0.717) is 76.6 Å². The molecule has 0 radical (unpaired) electrons. The third-order valence-corrected chi connectivity index (χ3v) is 11.7. The fraction of sp³-hybridized carbons (Fsp3) is 0.439. The Morgan fingerprint density at radius 3 is 1.82 bits per heavy atom. The summed E-state index contributed by atoms with van der Waals surface area (Å²) in [5.74, 6) is 0.465. The van der Waals surface area contributed by atoms with E-state index in [2.05, 4.69) is 30.6 Å². The number of imidazole rings is 2. The number of rotatable bonds is 12. The Morgan fingerprint density at radius 2 is 1.28 bits per heavy atom. The normalized spacial score (nSPS) is 18.6. The molecule has 7 rings (SSSR count). The SMILES string of the molecule is COC(=O)N[C@H](C(=O)N1CCC[C@H]1c1ncc(-c2ccc3oc4cc(-c5cnc([C@@H]6CCCN6C(=O)[C@@H](NC(=O)OC)[C@@H](C)OC)[nH]5)c(Cl)cc4c(=O)c3c2)[nH]1)[C@@H](C)OC. The number of alkyl carbamates (subject to hydrolysis) is 2. The molecular weight excluding hydrogens is 800 g/mol. The molecule has 4 N–H and O–H groups in total. The van der Waals surface area contributed by atoms with Crippen molar-refractivity contribution < 1.29 is 42.5 Å². The van der Waals surface area contributed by atoms with Crippen LogP contribution < -0.4 is 16.1 Å². The number of nitrogens with zero attached hydrogens (tertiary/aromatic N) is 4. The van der Waals surface area contributed by atoms with Crippen molar-refractivity contribution in [2.45, 2.75) is 75.9 Å². The van der Waals surface area contributed by atoms with Crippen LogP contribution in [0.2, 0.25) is 5.02 Å². The lowest BCUT2D eigenvalue weighted by Gasteiger charge is -2.30. The standard InChI is InChI=1S/C41H47ClN8O10/c1-20(56-3)33(47-40(54)58-5)38(52)49-13-7-9-29(49)36-43-18-27(45-36)22-11-12-31-24(15-22)35(51)25-16-26(42)23(17-32(25)60-31)28-19-44-37(46-28)30-10-8-14-50(30)39(53)34(21(2)57-4)48-41(55)59-6/h11-12,15-21,29-30,33-34H,7-10,13-14H2,1-6H3,(H,43,45)(H,44,46)(H,47,54)(H,48,55)/t20-,21-,29+,30+,33+,34+/m1/s1. The predicted molar refractivity (Wildman–Crippen MR) is 219 cm³/mol. The van der Waals surface area contributed by atoms with E-state index in [9.17, 15) is 24.0 Å². The molecule has 0 saturated carbocycles. The predicted octanol–water partition coefficient (Wildman–Crippen LogP) is 5.23. The largest absolute Gasteiger partial charge is 0.456 e. The van der Waals surface area contributed by atoms with Crippen LogP contribution in [-0.4, -0.2) is 120 Å². The van der Waals surface area contributed by atoms with Crippen LogP contribution in [0.25, 0.3) is 44.5 Å². The summed E-state index contributed by atoms with van der Waals surface area (Å²) in [4.78, 5) is 84.7. The number of ether oxygens (including phenoxy) is 4. The lowest BCUT2D eigenvalue weighted by molar-refractivity contribution is -0.138. The Bertz CT molecular complexity index is 2480. The van der Waals surface area contributed by atoms with Crippen LogP contribution in [0.5, 0.6) is 0 Å². The Balaban J connectivity index is 1.13. The maximum atomic E-state index is 14.0. The van der Waals surface area contributed by atoms with Gasteiger partial charge in [0, 0.05) is 38.4 Å². The van der Waals surface area contributed by atoms with Crippen molar-refractivity contribution in [1.29, 1.82) is 0 Å². The van der Waals surface area contributed by atoms with Gasteiger partial charge in [-0.05, 0) is 69.9 Å². The van der Waals surface area contributed by atoms with Gasteiger partial charge in [-0.1, -0.05) is 11.6 Å². The van der Waals surface area contributed by atoms with Crippen LogP contribution in [0.4, 0.5) is 9.59 Å². The number of carbonyl (C=O) groups excluding carboxylic acids is 4. The summed E-state index contributed by atoms with van der Waals surface area (Å²) in [6.07, 6.45) is 3.33. The van der Waals surface area contributed by atoms with Gasteiger partial charge in [0.25, 0.3) is 0 Å². The molecule has 2 aliphatic heterocycles. The zero-order valence-electron chi connectivity index (χ0n) is 34.0. The van der Waals surface area contributed by atoms with Crippen molar-refractivity contribution in [2.24, 2.45) is 0 Å². The maximum absolute atomic E-state index is 14.0. The first-order chi connectivity index (χ1) is 28.9. The molecule has 6 atom stereocenters. The highest BCUT2D eigenvalue weighted by atomic mass is 35.5. The number of nitrogens with one attached hydrogen (secondary N) is 4. The second kappa shape index (κ2) is 17.7. The van der Waals surface area contributed by atoms with Crippen molar-refractivity contribution in [3.05, 3.63) is 69.6 Å². The summed E-state index contributed by atoms with van der Waals surface area (Å²) in [7, 11) is 5.38. The van der Waals surface area contributed by atoms with E-state index >= 15 is 0 Å². The first kappa shape index (κ1) is 42.2. The Hall–Kier alpha value is -5.98. The zero-order chi connectivity index (χ0) is 42.8. The molecule has 0 aliphatic carbocycles. The molecule has 5 aromatic rings. The number of hydrogen-bond acceptors (Lipinski definition) is 12. The van der Waals surface area contributed by atoms with Crippen molar-refractivity contribution in [3.8, 4) is 22.5 Å².